The summed E-state index contributed by atoms with van der Waals surface area (Å²) in [7, 11) is 0. The zero-order valence-electron chi connectivity index (χ0n) is 10.5. The van der Waals surface area contributed by atoms with Crippen molar-refractivity contribution >= 4 is 62.3 Å². The van der Waals surface area contributed by atoms with Gasteiger partial charge in [0.1, 0.15) is 5.75 Å². The van der Waals surface area contributed by atoms with Gasteiger partial charge in [-0.2, -0.15) is 4.21 Å². The lowest BCUT2D eigenvalue weighted by molar-refractivity contribution is 0.568. The molecular weight excluding hydrogens is 348 g/mol. The Hall–Kier alpha value is -1.41. The summed E-state index contributed by atoms with van der Waals surface area (Å²) in [6.07, 6.45) is 0. The minimum absolute atomic E-state index is 0.492. The van der Waals surface area contributed by atoms with Crippen LogP contribution in [0.15, 0.2) is 42.5 Å². The predicted molar refractivity (Wildman–Crippen MR) is 90.9 cm³/mol. The number of anilines is 1. The first-order valence-corrected chi connectivity index (χ1v) is 8.53. The van der Waals surface area contributed by atoms with Crippen molar-refractivity contribution in [3.63, 3.8) is 0 Å². The maximum absolute atomic E-state index is 11.9. The van der Waals surface area contributed by atoms with Gasteiger partial charge in [0.15, 0.2) is 3.95 Å². The number of benzene rings is 2. The lowest BCUT2D eigenvalue weighted by atomic mass is 10.3. The molecule has 3 aromatic rings. The van der Waals surface area contributed by atoms with Crippen molar-refractivity contribution in [3.8, 4) is 5.75 Å². The molecule has 1 atom stereocenters. The van der Waals surface area contributed by atoms with Crippen molar-refractivity contribution in [2.45, 2.75) is 0 Å². The first-order valence-electron chi connectivity index (χ1n) is 5.85. The second-order valence-corrected chi connectivity index (χ2v) is 7.09. The topological polar surface area (TPSA) is 54.1 Å². The molecule has 3 rings (SSSR count). The molecule has 1 aromatic heterocycles. The number of H-pyrrole nitrogens is 1. The van der Waals surface area contributed by atoms with Gasteiger partial charge in [-0.3, -0.25) is 4.72 Å². The maximum atomic E-state index is 11.9. The second-order valence-electron chi connectivity index (χ2n) is 4.10. The van der Waals surface area contributed by atoms with Gasteiger partial charge >= 0.3 is 11.3 Å². The zero-order valence-corrected chi connectivity index (χ0v) is 13.7. The minimum Gasteiger partial charge on any atom is -0.385 e. The molecule has 2 N–H and O–H groups in total. The van der Waals surface area contributed by atoms with Crippen LogP contribution in [0.2, 0.25) is 5.02 Å². The molecule has 0 aliphatic rings. The summed E-state index contributed by atoms with van der Waals surface area (Å²) in [4.78, 5) is 3.05. The van der Waals surface area contributed by atoms with Crippen molar-refractivity contribution < 1.29 is 8.39 Å². The van der Waals surface area contributed by atoms with E-state index in [4.69, 9.17) is 28.0 Å². The Labute approximate surface area is 137 Å². The average Bonchev–Trinajstić information content (AvgIpc) is 2.80. The van der Waals surface area contributed by atoms with Crippen molar-refractivity contribution in [3.05, 3.63) is 51.4 Å². The van der Waals surface area contributed by atoms with Crippen LogP contribution < -0.4 is 8.91 Å². The van der Waals surface area contributed by atoms with Crippen molar-refractivity contribution in [1.82, 2.24) is 4.98 Å². The smallest absolute Gasteiger partial charge is 0.316 e. The molecular formula is C13H9ClN2O2S3. The Kier molecular flexibility index (Phi) is 4.25. The van der Waals surface area contributed by atoms with E-state index < -0.39 is 11.3 Å². The van der Waals surface area contributed by atoms with Crippen molar-refractivity contribution in [2.75, 3.05) is 4.72 Å². The van der Waals surface area contributed by atoms with E-state index in [-0.39, 0.29) is 0 Å². The van der Waals surface area contributed by atoms with Gasteiger partial charge in [0.25, 0.3) is 0 Å². The summed E-state index contributed by atoms with van der Waals surface area (Å²) < 4.78 is 21.7. The number of fused-ring (bicyclic) bond motifs is 1. The highest BCUT2D eigenvalue weighted by Crippen LogP contribution is 2.24. The largest absolute Gasteiger partial charge is 0.385 e. The van der Waals surface area contributed by atoms with Gasteiger partial charge in [0, 0.05) is 16.8 Å². The monoisotopic (exact) mass is 356 g/mol. The standard InChI is InChI=1S/C13H9ClN2O2S3/c14-8-1-3-9(4-2-8)16-21(17)18-10-5-6-12-11(7-10)15-13(19)20-12/h1-7,16H,(H,15,19). The second kappa shape index (κ2) is 6.15. The van der Waals surface area contributed by atoms with Crippen molar-refractivity contribution in [1.29, 1.82) is 0 Å². The molecule has 0 fully saturated rings. The zero-order chi connectivity index (χ0) is 14.8. The Morgan fingerprint density at radius 2 is 2.00 bits per heavy atom. The van der Waals surface area contributed by atoms with Crippen LogP contribution in [0.1, 0.15) is 0 Å². The molecule has 4 nitrogen and oxygen atoms in total. The summed E-state index contributed by atoms with van der Waals surface area (Å²) in [5, 5.41) is 0.616. The quantitative estimate of drug-likeness (QED) is 0.667. The van der Waals surface area contributed by atoms with Gasteiger partial charge in [-0.1, -0.05) is 11.6 Å². The normalized spacial score (nSPS) is 12.2. The molecule has 0 aliphatic heterocycles. The van der Waals surface area contributed by atoms with Gasteiger partial charge in [-0.15, -0.1) is 11.3 Å². The van der Waals surface area contributed by atoms with Crippen LogP contribution in [0.25, 0.3) is 10.2 Å². The minimum atomic E-state index is -1.69. The third kappa shape index (κ3) is 3.62. The third-order valence-electron chi connectivity index (χ3n) is 2.61. The average molecular weight is 357 g/mol. The van der Waals surface area contributed by atoms with Crippen LogP contribution >= 0.6 is 35.2 Å². The lowest BCUT2D eigenvalue weighted by Gasteiger charge is -2.07. The molecule has 0 saturated carbocycles. The highest BCUT2D eigenvalue weighted by atomic mass is 35.5. The van der Waals surface area contributed by atoms with Crippen molar-refractivity contribution in [2.24, 2.45) is 0 Å². The SMILES string of the molecule is O=S(Nc1ccc(Cl)cc1)Oc1ccc2sc(=S)[nH]c2c1. The molecule has 0 bridgehead atoms. The molecule has 2 aromatic carbocycles. The summed E-state index contributed by atoms with van der Waals surface area (Å²) in [5.74, 6) is 0.492. The van der Waals surface area contributed by atoms with Gasteiger partial charge in [-0.25, -0.2) is 0 Å². The number of aromatic nitrogens is 1. The van der Waals surface area contributed by atoms with E-state index in [1.165, 1.54) is 11.3 Å². The molecule has 0 aliphatic carbocycles. The number of halogens is 1. The molecule has 8 heteroatoms. The number of hydrogen-bond donors (Lipinski definition) is 2. The number of nitrogens with one attached hydrogen (secondary N) is 2. The van der Waals surface area contributed by atoms with Crippen LogP contribution in [-0.2, 0) is 11.3 Å². The van der Waals surface area contributed by atoms with E-state index in [2.05, 4.69) is 9.71 Å². The number of hydrogen-bond acceptors (Lipinski definition) is 4. The van der Waals surface area contributed by atoms with E-state index in [1.807, 2.05) is 6.07 Å². The summed E-state index contributed by atoms with van der Waals surface area (Å²) in [5.41, 5.74) is 1.53. The predicted octanol–water partition coefficient (Wildman–Crippen LogP) is 4.68. The van der Waals surface area contributed by atoms with Crippen LogP contribution in [0.5, 0.6) is 5.75 Å². The van der Waals surface area contributed by atoms with Gasteiger partial charge in [0.05, 0.1) is 10.2 Å². The highest BCUT2D eigenvalue weighted by Gasteiger charge is 2.05. The molecule has 0 amide bonds. The Morgan fingerprint density at radius 1 is 1.24 bits per heavy atom. The van der Waals surface area contributed by atoms with E-state index in [1.54, 1.807) is 36.4 Å². The Balaban J connectivity index is 1.73. The summed E-state index contributed by atoms with van der Waals surface area (Å²) in [6.45, 7) is 0. The molecule has 108 valence electrons. The van der Waals surface area contributed by atoms with E-state index in [0.717, 1.165) is 10.2 Å². The molecule has 0 saturated heterocycles. The van der Waals surface area contributed by atoms with Gasteiger partial charge in [-0.05, 0) is 48.6 Å². The van der Waals surface area contributed by atoms with Crippen LogP contribution in [0.3, 0.4) is 0 Å². The van der Waals surface area contributed by atoms with E-state index in [0.29, 0.717) is 20.4 Å². The lowest BCUT2D eigenvalue weighted by Crippen LogP contribution is -2.10. The Bertz CT molecular complexity index is 858. The fraction of sp³-hybridized carbons (Fsp3) is 0. The molecule has 0 radical (unpaired) electrons. The molecule has 1 unspecified atom stereocenters. The van der Waals surface area contributed by atoms with Crippen LogP contribution in [0, 0.1) is 3.95 Å². The maximum Gasteiger partial charge on any atom is 0.316 e. The fourth-order valence-corrected chi connectivity index (χ4v) is 3.58. The number of aromatic amines is 1. The summed E-state index contributed by atoms with van der Waals surface area (Å²) in [6, 6.07) is 12.3. The van der Waals surface area contributed by atoms with Crippen LogP contribution in [-0.4, -0.2) is 9.19 Å². The Morgan fingerprint density at radius 3 is 2.76 bits per heavy atom. The summed E-state index contributed by atoms with van der Waals surface area (Å²) >= 11 is 10.7. The van der Waals surface area contributed by atoms with E-state index in [9.17, 15) is 4.21 Å². The molecule has 0 spiro atoms. The highest BCUT2D eigenvalue weighted by molar-refractivity contribution is 7.82. The first kappa shape index (κ1) is 14.5. The number of rotatable bonds is 4. The van der Waals surface area contributed by atoms with Crippen LogP contribution in [0.4, 0.5) is 5.69 Å². The fourth-order valence-electron chi connectivity index (χ4n) is 1.71. The first-order chi connectivity index (χ1) is 10.1. The van der Waals surface area contributed by atoms with Gasteiger partial charge in [0.2, 0.25) is 0 Å². The molecule has 21 heavy (non-hydrogen) atoms. The molecule has 1 heterocycles. The number of thiazole rings is 1. The van der Waals surface area contributed by atoms with Gasteiger partial charge < -0.3 is 9.17 Å². The van der Waals surface area contributed by atoms with E-state index >= 15 is 0 Å². The third-order valence-corrected chi connectivity index (χ3v) is 4.82.